The number of halogens is 2. The van der Waals surface area contributed by atoms with Gasteiger partial charge in [-0.1, -0.05) is 41.9 Å². The highest BCUT2D eigenvalue weighted by Gasteiger charge is 2.12. The van der Waals surface area contributed by atoms with Crippen molar-refractivity contribution in [3.05, 3.63) is 99.3 Å². The minimum Gasteiger partial charge on any atom is -0.496 e. The lowest BCUT2D eigenvalue weighted by atomic mass is 10.1. The zero-order valence-corrected chi connectivity index (χ0v) is 16.2. The van der Waals surface area contributed by atoms with Gasteiger partial charge < -0.3 is 4.74 Å². The van der Waals surface area contributed by atoms with Crippen molar-refractivity contribution >= 4 is 34.7 Å². The Morgan fingerprint density at radius 3 is 2.59 bits per heavy atom. The van der Waals surface area contributed by atoms with Crippen molar-refractivity contribution in [2.75, 3.05) is 7.11 Å². The third-order valence-corrected chi connectivity index (χ3v) is 4.80. The van der Waals surface area contributed by atoms with Crippen molar-refractivity contribution in [1.82, 2.24) is 9.55 Å². The molecule has 4 aromatic rings. The van der Waals surface area contributed by atoms with Gasteiger partial charge >= 0.3 is 0 Å². The zero-order chi connectivity index (χ0) is 20.4. The van der Waals surface area contributed by atoms with Gasteiger partial charge in [-0.25, -0.2) is 9.37 Å². The van der Waals surface area contributed by atoms with E-state index in [0.717, 1.165) is 5.56 Å². The molecule has 3 aromatic carbocycles. The maximum absolute atomic E-state index is 13.7. The van der Waals surface area contributed by atoms with E-state index in [9.17, 15) is 9.18 Å². The molecule has 0 aliphatic rings. The van der Waals surface area contributed by atoms with Gasteiger partial charge in [0.25, 0.3) is 5.56 Å². The molecule has 1 heterocycles. The van der Waals surface area contributed by atoms with Gasteiger partial charge in [0.1, 0.15) is 17.4 Å². The van der Waals surface area contributed by atoms with Crippen molar-refractivity contribution in [2.24, 2.45) is 0 Å². The van der Waals surface area contributed by atoms with Crippen LogP contribution < -0.4 is 10.3 Å². The normalized spacial score (nSPS) is 11.3. The van der Waals surface area contributed by atoms with Crippen LogP contribution in [0.3, 0.4) is 0 Å². The quantitative estimate of drug-likeness (QED) is 0.458. The van der Waals surface area contributed by atoms with E-state index in [1.54, 1.807) is 31.4 Å². The summed E-state index contributed by atoms with van der Waals surface area (Å²) in [6.07, 6.45) is 3.54. The van der Waals surface area contributed by atoms with Crippen LogP contribution in [-0.2, 0) is 0 Å². The molecule has 0 saturated carbocycles. The predicted octanol–water partition coefficient (Wildman–Crippen LogP) is 5.36. The van der Waals surface area contributed by atoms with Crippen molar-refractivity contribution in [1.29, 1.82) is 0 Å². The van der Waals surface area contributed by atoms with E-state index in [-0.39, 0.29) is 10.6 Å². The third kappa shape index (κ3) is 3.65. The first-order chi connectivity index (χ1) is 14.1. The Kier molecular flexibility index (Phi) is 5.14. The molecule has 0 aliphatic heterocycles. The number of hydrogen-bond acceptors (Lipinski definition) is 3. The van der Waals surface area contributed by atoms with Crippen molar-refractivity contribution in [2.45, 2.75) is 0 Å². The molecule has 0 amide bonds. The monoisotopic (exact) mass is 406 g/mol. The maximum atomic E-state index is 13.7. The minimum absolute atomic E-state index is 0.0674. The minimum atomic E-state index is -0.552. The first-order valence-electron chi connectivity index (χ1n) is 8.87. The van der Waals surface area contributed by atoms with Crippen LogP contribution in [0.4, 0.5) is 4.39 Å². The Hall–Kier alpha value is -3.44. The van der Waals surface area contributed by atoms with E-state index in [1.807, 2.05) is 36.4 Å². The first kappa shape index (κ1) is 18.9. The summed E-state index contributed by atoms with van der Waals surface area (Å²) in [6, 6.07) is 18.7. The molecule has 0 bridgehead atoms. The molecule has 0 fully saturated rings. The number of hydrogen-bond donors (Lipinski definition) is 0. The third-order valence-electron chi connectivity index (χ3n) is 4.51. The Labute approximate surface area is 171 Å². The van der Waals surface area contributed by atoms with Gasteiger partial charge in [-0.05, 0) is 48.6 Å². The van der Waals surface area contributed by atoms with Crippen LogP contribution in [0.25, 0.3) is 28.7 Å². The zero-order valence-electron chi connectivity index (χ0n) is 15.5. The first-order valence-corrected chi connectivity index (χ1v) is 9.24. The van der Waals surface area contributed by atoms with Crippen LogP contribution in [0.2, 0.25) is 5.02 Å². The lowest BCUT2D eigenvalue weighted by molar-refractivity contribution is 0.414. The molecule has 0 unspecified atom stereocenters. The van der Waals surface area contributed by atoms with Crippen molar-refractivity contribution in [3.8, 4) is 11.4 Å². The molecule has 29 heavy (non-hydrogen) atoms. The number of aromatic nitrogens is 2. The number of rotatable bonds is 4. The Morgan fingerprint density at radius 2 is 1.79 bits per heavy atom. The molecule has 4 rings (SSSR count). The highest BCUT2D eigenvalue weighted by atomic mass is 35.5. The predicted molar refractivity (Wildman–Crippen MR) is 114 cm³/mol. The average molecular weight is 407 g/mol. The lowest BCUT2D eigenvalue weighted by Gasteiger charge is -2.12. The van der Waals surface area contributed by atoms with Crippen LogP contribution in [0.1, 0.15) is 11.4 Å². The van der Waals surface area contributed by atoms with Gasteiger partial charge in [-0.3, -0.25) is 9.36 Å². The summed E-state index contributed by atoms with van der Waals surface area (Å²) in [5.41, 5.74) is 1.57. The topological polar surface area (TPSA) is 44.1 Å². The van der Waals surface area contributed by atoms with Crippen LogP contribution in [0, 0.1) is 5.82 Å². The second kappa shape index (κ2) is 7.89. The van der Waals surface area contributed by atoms with E-state index in [2.05, 4.69) is 4.98 Å². The van der Waals surface area contributed by atoms with E-state index in [1.165, 1.54) is 22.8 Å². The summed E-state index contributed by atoms with van der Waals surface area (Å²) < 4.78 is 20.4. The number of methoxy groups -OCH3 is 1. The highest BCUT2D eigenvalue weighted by Crippen LogP contribution is 2.23. The van der Waals surface area contributed by atoms with E-state index >= 15 is 0 Å². The van der Waals surface area contributed by atoms with E-state index in [4.69, 9.17) is 16.3 Å². The van der Waals surface area contributed by atoms with Gasteiger partial charge in [0.15, 0.2) is 0 Å². The number of ether oxygens (including phenoxy) is 1. The Morgan fingerprint density at radius 1 is 1.03 bits per heavy atom. The summed E-state index contributed by atoms with van der Waals surface area (Å²) in [4.78, 5) is 17.8. The van der Waals surface area contributed by atoms with Crippen LogP contribution in [0.5, 0.6) is 5.75 Å². The largest absolute Gasteiger partial charge is 0.496 e. The van der Waals surface area contributed by atoms with Gasteiger partial charge in [0.2, 0.25) is 0 Å². The molecular formula is C23H16ClFN2O2. The second-order valence-electron chi connectivity index (χ2n) is 6.30. The molecular weight excluding hydrogens is 391 g/mol. The SMILES string of the molecule is COc1ccccc1C=Cc1nc2ccccc2c(=O)n1-c1ccc(F)c(Cl)c1. The molecule has 0 aliphatic carbocycles. The Bertz CT molecular complexity index is 1300. The average Bonchev–Trinajstić information content (AvgIpc) is 2.74. The molecule has 0 radical (unpaired) electrons. The Balaban J connectivity index is 1.95. The molecule has 0 saturated heterocycles. The molecule has 0 atom stereocenters. The molecule has 0 N–H and O–H groups in total. The molecule has 4 nitrogen and oxygen atoms in total. The van der Waals surface area contributed by atoms with Crippen molar-refractivity contribution in [3.63, 3.8) is 0 Å². The van der Waals surface area contributed by atoms with E-state index in [0.29, 0.717) is 28.2 Å². The van der Waals surface area contributed by atoms with E-state index < -0.39 is 5.82 Å². The standard InChI is InChI=1S/C23H16ClFN2O2/c1-29-21-9-5-2-6-15(21)10-13-22-26-20-8-4-3-7-17(20)23(28)27(22)16-11-12-19(25)18(24)14-16/h2-14H,1H3. The summed E-state index contributed by atoms with van der Waals surface area (Å²) in [5.74, 6) is 0.536. The summed E-state index contributed by atoms with van der Waals surface area (Å²) in [6.45, 7) is 0. The van der Waals surface area contributed by atoms with Crippen molar-refractivity contribution < 1.29 is 9.13 Å². The molecule has 1 aromatic heterocycles. The fourth-order valence-corrected chi connectivity index (χ4v) is 3.28. The summed E-state index contributed by atoms with van der Waals surface area (Å²) in [5, 5.41) is 0.393. The fourth-order valence-electron chi connectivity index (χ4n) is 3.10. The number of benzene rings is 3. The second-order valence-corrected chi connectivity index (χ2v) is 6.71. The van der Waals surface area contributed by atoms with Crippen LogP contribution in [0.15, 0.2) is 71.5 Å². The molecule has 0 spiro atoms. The maximum Gasteiger partial charge on any atom is 0.266 e. The van der Waals surface area contributed by atoms with Gasteiger partial charge in [-0.2, -0.15) is 0 Å². The van der Waals surface area contributed by atoms with Gasteiger partial charge in [-0.15, -0.1) is 0 Å². The molecule has 144 valence electrons. The number of nitrogens with zero attached hydrogens (tertiary/aromatic N) is 2. The lowest BCUT2D eigenvalue weighted by Crippen LogP contribution is -2.22. The summed E-state index contributed by atoms with van der Waals surface area (Å²) in [7, 11) is 1.59. The molecule has 6 heteroatoms. The van der Waals surface area contributed by atoms with Crippen LogP contribution >= 0.6 is 11.6 Å². The van der Waals surface area contributed by atoms with Gasteiger partial charge in [0.05, 0.1) is 28.7 Å². The number of para-hydroxylation sites is 2. The highest BCUT2D eigenvalue weighted by molar-refractivity contribution is 6.30. The fraction of sp³-hybridized carbons (Fsp3) is 0.0435. The smallest absolute Gasteiger partial charge is 0.266 e. The number of fused-ring (bicyclic) bond motifs is 1. The van der Waals surface area contributed by atoms with Gasteiger partial charge in [0, 0.05) is 5.56 Å². The van der Waals surface area contributed by atoms with Crippen LogP contribution in [-0.4, -0.2) is 16.7 Å². The summed E-state index contributed by atoms with van der Waals surface area (Å²) >= 11 is 5.95.